The van der Waals surface area contributed by atoms with Gasteiger partial charge in [-0.1, -0.05) is 29.8 Å². The van der Waals surface area contributed by atoms with Crippen molar-refractivity contribution in [3.05, 3.63) is 64.7 Å². The molecule has 1 heterocycles. The first-order valence-corrected chi connectivity index (χ1v) is 8.01. The number of rotatable bonds is 3. The molecule has 1 fully saturated rings. The van der Waals surface area contributed by atoms with Gasteiger partial charge in [0.25, 0.3) is 0 Å². The lowest BCUT2D eigenvalue weighted by Crippen LogP contribution is -2.28. The van der Waals surface area contributed by atoms with E-state index >= 15 is 0 Å². The normalized spacial score (nSPS) is 17.8. The van der Waals surface area contributed by atoms with Gasteiger partial charge in [-0.05, 0) is 35.9 Å². The van der Waals surface area contributed by atoms with Crippen LogP contribution in [0.1, 0.15) is 21.3 Å². The molecule has 2 aromatic carbocycles. The van der Waals surface area contributed by atoms with Crippen molar-refractivity contribution >= 4 is 40.9 Å². The number of carboxylic acid groups (broad SMARTS) is 1. The maximum Gasteiger partial charge on any atom is 0.335 e. The van der Waals surface area contributed by atoms with E-state index in [0.29, 0.717) is 16.5 Å². The standard InChI is InChI=1S/C16H12ClNO3S/c17-12-6-4-10(5-7-12)15-18(14(19)9-22-15)13-3-1-2-11(8-13)16(20)21/h1-8,15H,9H2,(H,20,21). The van der Waals surface area contributed by atoms with Gasteiger partial charge in [0.05, 0.1) is 11.3 Å². The third-order valence-electron chi connectivity index (χ3n) is 3.39. The second-order valence-corrected chi connectivity index (χ2v) is 6.34. The fraction of sp³-hybridized carbons (Fsp3) is 0.125. The molecule has 1 N–H and O–H groups in total. The molecule has 0 spiro atoms. The Balaban J connectivity index is 1.99. The summed E-state index contributed by atoms with van der Waals surface area (Å²) in [5.41, 5.74) is 1.72. The highest BCUT2D eigenvalue weighted by Gasteiger charge is 2.34. The van der Waals surface area contributed by atoms with E-state index in [1.54, 1.807) is 29.2 Å². The van der Waals surface area contributed by atoms with Gasteiger partial charge in [-0.2, -0.15) is 0 Å². The third kappa shape index (κ3) is 2.82. The van der Waals surface area contributed by atoms with Crippen molar-refractivity contribution in [2.45, 2.75) is 5.37 Å². The third-order valence-corrected chi connectivity index (χ3v) is 4.86. The molecule has 1 atom stereocenters. The van der Waals surface area contributed by atoms with Gasteiger partial charge in [0.1, 0.15) is 5.37 Å². The summed E-state index contributed by atoms with van der Waals surface area (Å²) in [6.07, 6.45) is 0. The molecule has 112 valence electrons. The molecule has 0 saturated carbocycles. The first-order valence-electron chi connectivity index (χ1n) is 6.59. The summed E-state index contributed by atoms with van der Waals surface area (Å²) in [6.45, 7) is 0. The predicted octanol–water partition coefficient (Wildman–Crippen LogP) is 3.82. The molecule has 1 amide bonds. The fourth-order valence-electron chi connectivity index (χ4n) is 2.37. The Morgan fingerprint density at radius 3 is 2.64 bits per heavy atom. The first-order chi connectivity index (χ1) is 10.6. The number of aromatic carboxylic acids is 1. The van der Waals surface area contributed by atoms with Crippen LogP contribution in [0.3, 0.4) is 0 Å². The number of halogens is 1. The Hall–Kier alpha value is -1.98. The lowest BCUT2D eigenvalue weighted by atomic mass is 10.1. The molecule has 1 aliphatic heterocycles. The van der Waals surface area contributed by atoms with Crippen molar-refractivity contribution in [2.24, 2.45) is 0 Å². The molecule has 0 radical (unpaired) electrons. The van der Waals surface area contributed by atoms with E-state index < -0.39 is 5.97 Å². The van der Waals surface area contributed by atoms with Crippen molar-refractivity contribution < 1.29 is 14.7 Å². The Bertz CT molecular complexity index is 732. The van der Waals surface area contributed by atoms with Crippen LogP contribution in [-0.4, -0.2) is 22.7 Å². The smallest absolute Gasteiger partial charge is 0.335 e. The average molecular weight is 334 g/mol. The molecule has 2 aromatic rings. The van der Waals surface area contributed by atoms with Gasteiger partial charge < -0.3 is 5.11 Å². The first kappa shape index (κ1) is 14.9. The molecule has 22 heavy (non-hydrogen) atoms. The second kappa shape index (κ2) is 6.02. The van der Waals surface area contributed by atoms with Gasteiger partial charge >= 0.3 is 5.97 Å². The number of hydrogen-bond acceptors (Lipinski definition) is 3. The van der Waals surface area contributed by atoms with Crippen molar-refractivity contribution in [1.29, 1.82) is 0 Å². The van der Waals surface area contributed by atoms with Gasteiger partial charge in [-0.25, -0.2) is 4.79 Å². The van der Waals surface area contributed by atoms with Crippen molar-refractivity contribution in [1.82, 2.24) is 0 Å². The zero-order chi connectivity index (χ0) is 15.7. The average Bonchev–Trinajstić information content (AvgIpc) is 2.90. The molecule has 3 rings (SSSR count). The van der Waals surface area contributed by atoms with Crippen LogP contribution in [0.4, 0.5) is 5.69 Å². The lowest BCUT2D eigenvalue weighted by molar-refractivity contribution is -0.115. The molecule has 0 bridgehead atoms. The number of anilines is 1. The van der Waals surface area contributed by atoms with E-state index in [4.69, 9.17) is 16.7 Å². The highest BCUT2D eigenvalue weighted by Crippen LogP contribution is 2.42. The van der Waals surface area contributed by atoms with E-state index in [2.05, 4.69) is 0 Å². The molecule has 1 aliphatic rings. The molecule has 1 saturated heterocycles. The van der Waals surface area contributed by atoms with Crippen LogP contribution in [-0.2, 0) is 4.79 Å². The number of amides is 1. The van der Waals surface area contributed by atoms with Gasteiger partial charge in [0.15, 0.2) is 0 Å². The molecule has 0 aliphatic carbocycles. The number of hydrogen-bond donors (Lipinski definition) is 1. The van der Waals surface area contributed by atoms with Gasteiger partial charge in [0.2, 0.25) is 5.91 Å². The Morgan fingerprint density at radius 1 is 1.23 bits per heavy atom. The van der Waals surface area contributed by atoms with Crippen LogP contribution < -0.4 is 4.90 Å². The lowest BCUT2D eigenvalue weighted by Gasteiger charge is -2.24. The summed E-state index contributed by atoms with van der Waals surface area (Å²) in [7, 11) is 0. The monoisotopic (exact) mass is 333 g/mol. The minimum atomic E-state index is -1.01. The molecular formula is C16H12ClNO3S. The van der Waals surface area contributed by atoms with Gasteiger partial charge in [-0.15, -0.1) is 11.8 Å². The highest BCUT2D eigenvalue weighted by molar-refractivity contribution is 8.00. The van der Waals surface area contributed by atoms with E-state index in [9.17, 15) is 9.59 Å². The van der Waals surface area contributed by atoms with E-state index in [0.717, 1.165) is 5.56 Å². The fourth-order valence-corrected chi connectivity index (χ4v) is 3.67. The van der Waals surface area contributed by atoms with Crippen molar-refractivity contribution in [3.8, 4) is 0 Å². The quantitative estimate of drug-likeness (QED) is 0.927. The number of carbonyl (C=O) groups is 2. The topological polar surface area (TPSA) is 57.6 Å². The zero-order valence-electron chi connectivity index (χ0n) is 11.4. The minimum Gasteiger partial charge on any atom is -0.478 e. The van der Waals surface area contributed by atoms with Crippen LogP contribution in [0.2, 0.25) is 5.02 Å². The summed E-state index contributed by atoms with van der Waals surface area (Å²) in [4.78, 5) is 25.0. The van der Waals surface area contributed by atoms with E-state index in [-0.39, 0.29) is 16.8 Å². The molecule has 0 aromatic heterocycles. The maximum atomic E-state index is 12.2. The SMILES string of the molecule is O=C(O)c1cccc(N2C(=O)CSC2c2ccc(Cl)cc2)c1. The highest BCUT2D eigenvalue weighted by atomic mass is 35.5. The van der Waals surface area contributed by atoms with Crippen LogP contribution >= 0.6 is 23.4 Å². The predicted molar refractivity (Wildman–Crippen MR) is 87.5 cm³/mol. The van der Waals surface area contributed by atoms with Gasteiger partial charge in [0, 0.05) is 10.7 Å². The molecule has 6 heteroatoms. The number of carbonyl (C=O) groups excluding carboxylic acids is 1. The maximum absolute atomic E-state index is 12.2. The second-order valence-electron chi connectivity index (χ2n) is 4.83. The Kier molecular flexibility index (Phi) is 4.09. The summed E-state index contributed by atoms with van der Waals surface area (Å²) < 4.78 is 0. The molecule has 4 nitrogen and oxygen atoms in total. The molecule has 1 unspecified atom stereocenters. The zero-order valence-corrected chi connectivity index (χ0v) is 13.0. The van der Waals surface area contributed by atoms with Crippen LogP contribution in [0.5, 0.6) is 0 Å². The summed E-state index contributed by atoms with van der Waals surface area (Å²) >= 11 is 7.42. The summed E-state index contributed by atoms with van der Waals surface area (Å²) in [5, 5.41) is 9.57. The van der Waals surface area contributed by atoms with Crippen LogP contribution in [0, 0.1) is 0 Å². The van der Waals surface area contributed by atoms with Crippen LogP contribution in [0.25, 0.3) is 0 Å². The minimum absolute atomic E-state index is 0.0347. The Labute approximate surface area is 136 Å². The number of thioether (sulfide) groups is 1. The van der Waals surface area contributed by atoms with E-state index in [1.165, 1.54) is 23.9 Å². The Morgan fingerprint density at radius 2 is 1.95 bits per heavy atom. The molecular weight excluding hydrogens is 322 g/mol. The van der Waals surface area contributed by atoms with E-state index in [1.807, 2.05) is 12.1 Å². The van der Waals surface area contributed by atoms with Gasteiger partial charge in [-0.3, -0.25) is 9.69 Å². The summed E-state index contributed by atoms with van der Waals surface area (Å²) in [5.74, 6) is -0.679. The van der Waals surface area contributed by atoms with Crippen LogP contribution in [0.15, 0.2) is 48.5 Å². The number of benzene rings is 2. The largest absolute Gasteiger partial charge is 0.478 e. The van der Waals surface area contributed by atoms with Crippen molar-refractivity contribution in [3.63, 3.8) is 0 Å². The summed E-state index contributed by atoms with van der Waals surface area (Å²) in [6, 6.07) is 13.8. The van der Waals surface area contributed by atoms with Crippen molar-refractivity contribution in [2.75, 3.05) is 10.7 Å². The number of carboxylic acids is 1. The number of nitrogens with zero attached hydrogens (tertiary/aromatic N) is 1.